The van der Waals surface area contributed by atoms with Crippen LogP contribution in [0.5, 0.6) is 0 Å². The topological polar surface area (TPSA) is 79.3 Å². The summed E-state index contributed by atoms with van der Waals surface area (Å²) in [6, 6.07) is 0. The van der Waals surface area contributed by atoms with E-state index in [1.807, 2.05) is 0 Å². The quantitative estimate of drug-likeness (QED) is 0.730. The first-order valence-electron chi connectivity index (χ1n) is 8.38. The molecule has 0 aromatic heterocycles. The Bertz CT molecular complexity index is 411. The van der Waals surface area contributed by atoms with E-state index >= 15 is 0 Å². The van der Waals surface area contributed by atoms with E-state index in [0.717, 1.165) is 39.3 Å². The van der Waals surface area contributed by atoms with E-state index < -0.39 is 11.4 Å². The van der Waals surface area contributed by atoms with Crippen LogP contribution in [0.15, 0.2) is 0 Å². The molecule has 7 nitrogen and oxygen atoms in total. The van der Waals surface area contributed by atoms with Gasteiger partial charge in [0.15, 0.2) is 0 Å². The number of carbonyl (C=O) groups is 2. The standard InChI is InChI=1S/C16H28N2O5/c1-22-10-5-16(15(20)21)4-2-6-18(13-16)14(19)3-7-17-8-11-23-12-9-17/h2-13H2,1H3,(H,20,21)/t16-/m0/s1. The number of morpholine rings is 1. The number of methoxy groups -OCH3 is 1. The summed E-state index contributed by atoms with van der Waals surface area (Å²) in [6.45, 7) is 5.24. The molecule has 23 heavy (non-hydrogen) atoms. The highest BCUT2D eigenvalue weighted by molar-refractivity contribution is 5.79. The summed E-state index contributed by atoms with van der Waals surface area (Å²) in [7, 11) is 1.57. The van der Waals surface area contributed by atoms with E-state index in [2.05, 4.69) is 4.90 Å². The Kier molecular flexibility index (Phi) is 6.80. The van der Waals surface area contributed by atoms with E-state index in [9.17, 15) is 14.7 Å². The Hall–Kier alpha value is -1.18. The van der Waals surface area contributed by atoms with Crippen molar-refractivity contribution in [1.29, 1.82) is 0 Å². The predicted molar refractivity (Wildman–Crippen MR) is 84.3 cm³/mol. The molecule has 0 aliphatic carbocycles. The van der Waals surface area contributed by atoms with Gasteiger partial charge in [0.1, 0.15) is 0 Å². The molecule has 0 bridgehead atoms. The number of rotatable bonds is 7. The third kappa shape index (κ3) is 4.89. The zero-order valence-electron chi connectivity index (χ0n) is 14.0. The molecule has 2 saturated heterocycles. The van der Waals surface area contributed by atoms with E-state index in [-0.39, 0.29) is 5.91 Å². The lowest BCUT2D eigenvalue weighted by Crippen LogP contribution is -2.51. The Morgan fingerprint density at radius 1 is 1.26 bits per heavy atom. The molecule has 2 fully saturated rings. The summed E-state index contributed by atoms with van der Waals surface area (Å²) in [4.78, 5) is 28.2. The predicted octanol–water partition coefficient (Wildman–Crippen LogP) is 0.439. The first-order chi connectivity index (χ1) is 11.1. The van der Waals surface area contributed by atoms with Crippen molar-refractivity contribution in [2.75, 3.05) is 59.7 Å². The van der Waals surface area contributed by atoms with Gasteiger partial charge in [-0.05, 0) is 19.3 Å². The molecular weight excluding hydrogens is 300 g/mol. The normalized spacial score (nSPS) is 26.2. The number of carboxylic acid groups (broad SMARTS) is 1. The van der Waals surface area contributed by atoms with Gasteiger partial charge in [0, 0.05) is 52.9 Å². The molecule has 132 valence electrons. The van der Waals surface area contributed by atoms with Crippen LogP contribution in [0.25, 0.3) is 0 Å². The highest BCUT2D eigenvalue weighted by Gasteiger charge is 2.43. The van der Waals surface area contributed by atoms with Crippen LogP contribution in [0.3, 0.4) is 0 Å². The summed E-state index contributed by atoms with van der Waals surface area (Å²) >= 11 is 0. The van der Waals surface area contributed by atoms with Crippen LogP contribution in [0.1, 0.15) is 25.7 Å². The molecule has 0 radical (unpaired) electrons. The van der Waals surface area contributed by atoms with Gasteiger partial charge < -0.3 is 19.5 Å². The Labute approximate surface area is 137 Å². The average molecular weight is 328 g/mol. The molecule has 1 N–H and O–H groups in total. The van der Waals surface area contributed by atoms with Gasteiger partial charge in [-0.1, -0.05) is 0 Å². The maximum atomic E-state index is 12.5. The second-order valence-electron chi connectivity index (χ2n) is 6.45. The van der Waals surface area contributed by atoms with Gasteiger partial charge in [-0.25, -0.2) is 0 Å². The first-order valence-corrected chi connectivity index (χ1v) is 8.38. The van der Waals surface area contributed by atoms with Gasteiger partial charge in [0.25, 0.3) is 0 Å². The number of nitrogens with zero attached hydrogens (tertiary/aromatic N) is 2. The average Bonchev–Trinajstić information content (AvgIpc) is 2.59. The van der Waals surface area contributed by atoms with Gasteiger partial charge in [0.05, 0.1) is 18.6 Å². The van der Waals surface area contributed by atoms with Crippen LogP contribution in [0.4, 0.5) is 0 Å². The molecule has 1 amide bonds. The molecule has 0 unspecified atom stereocenters. The molecule has 2 aliphatic heterocycles. The number of hydrogen-bond donors (Lipinski definition) is 1. The van der Waals surface area contributed by atoms with Crippen molar-refractivity contribution in [3.8, 4) is 0 Å². The van der Waals surface area contributed by atoms with Crippen LogP contribution in [-0.2, 0) is 19.1 Å². The van der Waals surface area contributed by atoms with Gasteiger partial charge in [-0.15, -0.1) is 0 Å². The van der Waals surface area contributed by atoms with Crippen molar-refractivity contribution in [2.24, 2.45) is 5.41 Å². The van der Waals surface area contributed by atoms with Crippen molar-refractivity contribution < 1.29 is 24.2 Å². The maximum Gasteiger partial charge on any atom is 0.311 e. The minimum Gasteiger partial charge on any atom is -0.481 e. The number of aliphatic carboxylic acids is 1. The first kappa shape index (κ1) is 18.2. The molecule has 2 rings (SSSR count). The van der Waals surface area contributed by atoms with Crippen molar-refractivity contribution in [1.82, 2.24) is 9.80 Å². The van der Waals surface area contributed by atoms with E-state index in [1.165, 1.54) is 0 Å². The van der Waals surface area contributed by atoms with Crippen molar-refractivity contribution in [3.63, 3.8) is 0 Å². The lowest BCUT2D eigenvalue weighted by atomic mass is 9.77. The van der Waals surface area contributed by atoms with Crippen LogP contribution in [0.2, 0.25) is 0 Å². The molecule has 0 spiro atoms. The zero-order chi connectivity index (χ0) is 16.7. The van der Waals surface area contributed by atoms with Crippen LogP contribution < -0.4 is 0 Å². The molecule has 2 aliphatic rings. The molecule has 7 heteroatoms. The number of piperidine rings is 1. The Morgan fingerprint density at radius 2 is 2.00 bits per heavy atom. The van der Waals surface area contributed by atoms with Gasteiger partial charge >= 0.3 is 5.97 Å². The number of likely N-dealkylation sites (tertiary alicyclic amines) is 1. The smallest absolute Gasteiger partial charge is 0.311 e. The van der Waals surface area contributed by atoms with Crippen LogP contribution in [0, 0.1) is 5.41 Å². The van der Waals surface area contributed by atoms with Gasteiger partial charge in [-0.2, -0.15) is 0 Å². The van der Waals surface area contributed by atoms with E-state index in [4.69, 9.17) is 9.47 Å². The molecule has 1 atom stereocenters. The second kappa shape index (κ2) is 8.61. The second-order valence-corrected chi connectivity index (χ2v) is 6.45. The summed E-state index contributed by atoms with van der Waals surface area (Å²) in [5.74, 6) is -0.764. The van der Waals surface area contributed by atoms with Crippen molar-refractivity contribution in [2.45, 2.75) is 25.7 Å². The summed E-state index contributed by atoms with van der Waals surface area (Å²) in [5, 5.41) is 9.63. The monoisotopic (exact) mass is 328 g/mol. The molecule has 2 heterocycles. The molecule has 0 aromatic carbocycles. The van der Waals surface area contributed by atoms with Crippen LogP contribution in [-0.4, -0.2) is 86.4 Å². The number of carbonyl (C=O) groups excluding carboxylic acids is 1. The lowest BCUT2D eigenvalue weighted by Gasteiger charge is -2.40. The van der Waals surface area contributed by atoms with Gasteiger partial charge in [-0.3, -0.25) is 14.5 Å². The number of hydrogen-bond acceptors (Lipinski definition) is 5. The van der Waals surface area contributed by atoms with Crippen molar-refractivity contribution in [3.05, 3.63) is 0 Å². The minimum atomic E-state index is -0.858. The molecular formula is C16H28N2O5. The largest absolute Gasteiger partial charge is 0.481 e. The summed E-state index contributed by atoms with van der Waals surface area (Å²) < 4.78 is 10.4. The van der Waals surface area contributed by atoms with E-state index in [0.29, 0.717) is 39.0 Å². The third-order valence-electron chi connectivity index (χ3n) is 4.91. The number of ether oxygens (including phenoxy) is 2. The lowest BCUT2D eigenvalue weighted by molar-refractivity contribution is -0.156. The Balaban J connectivity index is 1.87. The number of carboxylic acids is 1. The molecule has 0 aromatic rings. The fourth-order valence-electron chi connectivity index (χ4n) is 3.36. The maximum absolute atomic E-state index is 12.5. The highest BCUT2D eigenvalue weighted by Crippen LogP contribution is 2.34. The fraction of sp³-hybridized carbons (Fsp3) is 0.875. The van der Waals surface area contributed by atoms with Gasteiger partial charge in [0.2, 0.25) is 5.91 Å². The SMILES string of the molecule is COCC[C@@]1(C(=O)O)CCCN(C(=O)CCN2CCOCC2)C1. The zero-order valence-corrected chi connectivity index (χ0v) is 14.0. The van der Waals surface area contributed by atoms with Crippen molar-refractivity contribution >= 4 is 11.9 Å². The molecule has 0 saturated carbocycles. The summed E-state index contributed by atoms with van der Waals surface area (Å²) in [6.07, 6.45) is 2.24. The highest BCUT2D eigenvalue weighted by atomic mass is 16.5. The number of amides is 1. The third-order valence-corrected chi connectivity index (χ3v) is 4.91. The summed E-state index contributed by atoms with van der Waals surface area (Å²) in [5.41, 5.74) is -0.858. The fourth-order valence-corrected chi connectivity index (χ4v) is 3.36. The minimum absolute atomic E-state index is 0.0548. The van der Waals surface area contributed by atoms with E-state index in [1.54, 1.807) is 12.0 Å². The van der Waals surface area contributed by atoms with Crippen LogP contribution >= 0.6 is 0 Å². The Morgan fingerprint density at radius 3 is 2.65 bits per heavy atom.